The number of fused-ring (bicyclic) bond motifs is 1. The van der Waals surface area contributed by atoms with Crippen molar-refractivity contribution in [3.05, 3.63) is 64.8 Å². The summed E-state index contributed by atoms with van der Waals surface area (Å²) < 4.78 is 5.32. The van der Waals surface area contributed by atoms with Crippen molar-refractivity contribution in [3.8, 4) is 5.69 Å². The number of carbonyl (C=O) groups excluding carboxylic acids is 1. The second-order valence-corrected chi connectivity index (χ2v) is 10.1. The van der Waals surface area contributed by atoms with Crippen molar-refractivity contribution >= 4 is 28.5 Å². The molecule has 192 valence electrons. The first-order chi connectivity index (χ1) is 17.9. The number of carbonyl (C=O) groups is 1. The Morgan fingerprint density at radius 3 is 2.30 bits per heavy atom. The van der Waals surface area contributed by atoms with Gasteiger partial charge in [0.25, 0.3) is 0 Å². The maximum absolute atomic E-state index is 13.7. The van der Waals surface area contributed by atoms with Crippen molar-refractivity contribution in [2.45, 2.75) is 31.8 Å². The molecule has 0 radical (unpaired) electrons. The molecule has 0 amide bonds. The molecule has 2 fully saturated rings. The van der Waals surface area contributed by atoms with E-state index in [0.29, 0.717) is 6.04 Å². The molecular weight excluding hydrogens is 468 g/mol. The van der Waals surface area contributed by atoms with Crippen molar-refractivity contribution in [2.24, 2.45) is 7.05 Å². The van der Waals surface area contributed by atoms with Gasteiger partial charge in [-0.3, -0.25) is 18.6 Å². The molecule has 4 heterocycles. The minimum Gasteiger partial charge on any atom is -0.368 e. The van der Waals surface area contributed by atoms with E-state index in [2.05, 4.69) is 20.2 Å². The van der Waals surface area contributed by atoms with Gasteiger partial charge in [0.1, 0.15) is 5.82 Å². The van der Waals surface area contributed by atoms with Crippen LogP contribution in [0.15, 0.2) is 53.6 Å². The van der Waals surface area contributed by atoms with E-state index in [4.69, 9.17) is 4.98 Å². The van der Waals surface area contributed by atoms with Crippen molar-refractivity contribution in [3.63, 3.8) is 0 Å². The standard InChI is InChI=1S/C27H32N8O2/c1-18(36)19-4-6-21(7-5-19)32-10-12-33(13-11-32)25-9-8-24-26(30-25)35(22-14-20(15-22)28-2)27(37)34(24)23-16-29-31(3)17-23/h4-9,16-17,20,22,28H,10-15H2,1-3H3/t20-,22-. The summed E-state index contributed by atoms with van der Waals surface area (Å²) in [5.41, 5.74) is 4.08. The first kappa shape index (κ1) is 23.5. The van der Waals surface area contributed by atoms with Crippen LogP contribution in [0.1, 0.15) is 36.2 Å². The number of Topliss-reactive ketones (excluding diaryl/α,β-unsaturated/α-hetero) is 1. The Labute approximate surface area is 215 Å². The fourth-order valence-corrected chi connectivity index (χ4v) is 5.50. The number of imidazole rings is 1. The van der Waals surface area contributed by atoms with Crippen LogP contribution in [-0.2, 0) is 7.05 Å². The molecule has 1 saturated carbocycles. The largest absolute Gasteiger partial charge is 0.368 e. The van der Waals surface area contributed by atoms with Gasteiger partial charge in [0.05, 0.1) is 17.4 Å². The fraction of sp³-hybridized carbons (Fsp3) is 0.407. The summed E-state index contributed by atoms with van der Waals surface area (Å²) in [4.78, 5) is 34.9. The quantitative estimate of drug-likeness (QED) is 0.406. The van der Waals surface area contributed by atoms with Crippen molar-refractivity contribution < 1.29 is 4.79 Å². The van der Waals surface area contributed by atoms with Crippen LogP contribution in [0.5, 0.6) is 0 Å². The van der Waals surface area contributed by atoms with Gasteiger partial charge >= 0.3 is 5.69 Å². The van der Waals surface area contributed by atoms with E-state index in [-0.39, 0.29) is 17.5 Å². The molecule has 0 atom stereocenters. The van der Waals surface area contributed by atoms with Gasteiger partial charge in [-0.15, -0.1) is 0 Å². The lowest BCUT2D eigenvalue weighted by atomic mass is 9.87. The zero-order valence-electron chi connectivity index (χ0n) is 21.5. The Balaban J connectivity index is 1.29. The summed E-state index contributed by atoms with van der Waals surface area (Å²) in [7, 11) is 3.82. The number of piperazine rings is 1. The topological polar surface area (TPSA) is 93.2 Å². The Morgan fingerprint density at radius 1 is 0.973 bits per heavy atom. The highest BCUT2D eigenvalue weighted by molar-refractivity contribution is 5.94. The summed E-state index contributed by atoms with van der Waals surface area (Å²) in [6.45, 7) is 4.95. The third-order valence-corrected chi connectivity index (χ3v) is 7.78. The van der Waals surface area contributed by atoms with Gasteiger partial charge in [0, 0.05) is 62.8 Å². The first-order valence-corrected chi connectivity index (χ1v) is 12.8. The second kappa shape index (κ2) is 9.19. The van der Waals surface area contributed by atoms with Gasteiger partial charge in [-0.2, -0.15) is 5.10 Å². The second-order valence-electron chi connectivity index (χ2n) is 10.1. The molecule has 1 aliphatic carbocycles. The van der Waals surface area contributed by atoms with Crippen LogP contribution < -0.4 is 20.8 Å². The van der Waals surface area contributed by atoms with E-state index in [1.54, 1.807) is 22.4 Å². The molecule has 0 spiro atoms. The lowest BCUT2D eigenvalue weighted by molar-refractivity contribution is 0.101. The van der Waals surface area contributed by atoms with Crippen LogP contribution >= 0.6 is 0 Å². The van der Waals surface area contributed by atoms with Gasteiger partial charge < -0.3 is 15.1 Å². The number of nitrogens with zero attached hydrogens (tertiary/aromatic N) is 7. The number of rotatable bonds is 6. The predicted octanol–water partition coefficient (Wildman–Crippen LogP) is 2.37. The number of pyridine rings is 1. The molecule has 4 aromatic rings. The highest BCUT2D eigenvalue weighted by Crippen LogP contribution is 2.34. The number of aryl methyl sites for hydroxylation is 1. The van der Waals surface area contributed by atoms with Crippen LogP contribution in [0.25, 0.3) is 16.9 Å². The maximum Gasteiger partial charge on any atom is 0.335 e. The molecule has 1 N–H and O–H groups in total. The lowest BCUT2D eigenvalue weighted by Gasteiger charge is -2.37. The summed E-state index contributed by atoms with van der Waals surface area (Å²) in [5, 5.41) is 7.59. The molecular formula is C27H32N8O2. The summed E-state index contributed by atoms with van der Waals surface area (Å²) in [6, 6.07) is 12.4. The van der Waals surface area contributed by atoms with E-state index in [0.717, 1.165) is 72.9 Å². The van der Waals surface area contributed by atoms with Crippen molar-refractivity contribution in [2.75, 3.05) is 43.0 Å². The Hall–Kier alpha value is -3.92. The fourth-order valence-electron chi connectivity index (χ4n) is 5.50. The highest BCUT2D eigenvalue weighted by atomic mass is 16.2. The van der Waals surface area contributed by atoms with Crippen LogP contribution in [0.3, 0.4) is 0 Å². The molecule has 6 rings (SSSR count). The molecule has 1 aromatic carbocycles. The first-order valence-electron chi connectivity index (χ1n) is 12.8. The molecule has 10 heteroatoms. The number of benzene rings is 1. The molecule has 10 nitrogen and oxygen atoms in total. The minimum absolute atomic E-state index is 0.0639. The van der Waals surface area contributed by atoms with E-state index in [1.165, 1.54) is 0 Å². The zero-order chi connectivity index (χ0) is 25.7. The smallest absolute Gasteiger partial charge is 0.335 e. The van der Waals surface area contributed by atoms with Gasteiger partial charge in [-0.05, 0) is 63.2 Å². The van der Waals surface area contributed by atoms with E-state index in [9.17, 15) is 9.59 Å². The summed E-state index contributed by atoms with van der Waals surface area (Å²) in [6.07, 6.45) is 5.40. The average Bonchev–Trinajstić information content (AvgIpc) is 3.43. The zero-order valence-corrected chi connectivity index (χ0v) is 21.5. The molecule has 37 heavy (non-hydrogen) atoms. The number of anilines is 2. The molecule has 3 aromatic heterocycles. The Morgan fingerprint density at radius 2 is 1.68 bits per heavy atom. The third kappa shape index (κ3) is 4.11. The van der Waals surface area contributed by atoms with Gasteiger partial charge in [0.15, 0.2) is 11.4 Å². The van der Waals surface area contributed by atoms with Crippen LogP contribution in [-0.4, -0.2) is 69.0 Å². The SMILES string of the molecule is CN[C@H]1C[C@H](n2c(=O)n(-c3cnn(C)c3)c3ccc(N4CCN(c5ccc(C(C)=O)cc5)CC4)nc32)C1. The van der Waals surface area contributed by atoms with E-state index < -0.39 is 0 Å². The Bertz CT molecular complexity index is 1500. The van der Waals surface area contributed by atoms with Crippen LogP contribution in [0.4, 0.5) is 11.5 Å². The van der Waals surface area contributed by atoms with Crippen molar-refractivity contribution in [1.29, 1.82) is 0 Å². The maximum atomic E-state index is 13.7. The highest BCUT2D eigenvalue weighted by Gasteiger charge is 2.33. The summed E-state index contributed by atoms with van der Waals surface area (Å²) in [5.74, 6) is 0.970. The number of hydrogen-bond acceptors (Lipinski definition) is 7. The third-order valence-electron chi connectivity index (χ3n) is 7.78. The van der Waals surface area contributed by atoms with E-state index in [1.807, 2.05) is 61.3 Å². The number of nitrogens with one attached hydrogen (secondary N) is 1. The normalized spacial score (nSPS) is 19.9. The predicted molar refractivity (Wildman–Crippen MR) is 144 cm³/mol. The number of aromatic nitrogens is 5. The van der Waals surface area contributed by atoms with Crippen LogP contribution in [0.2, 0.25) is 0 Å². The lowest BCUT2D eigenvalue weighted by Crippen LogP contribution is -2.47. The molecule has 1 saturated heterocycles. The van der Waals surface area contributed by atoms with Gasteiger partial charge in [0.2, 0.25) is 0 Å². The van der Waals surface area contributed by atoms with Crippen molar-refractivity contribution in [1.82, 2.24) is 29.2 Å². The monoisotopic (exact) mass is 500 g/mol. The van der Waals surface area contributed by atoms with Gasteiger partial charge in [-0.25, -0.2) is 9.78 Å². The average molecular weight is 501 g/mol. The summed E-state index contributed by atoms with van der Waals surface area (Å²) >= 11 is 0. The van der Waals surface area contributed by atoms with Crippen LogP contribution in [0, 0.1) is 0 Å². The molecule has 0 unspecified atom stereocenters. The molecule has 1 aliphatic heterocycles. The molecule has 2 aliphatic rings. The molecule has 0 bridgehead atoms. The van der Waals surface area contributed by atoms with Gasteiger partial charge in [-0.1, -0.05) is 0 Å². The number of hydrogen-bond donors (Lipinski definition) is 1. The minimum atomic E-state index is -0.0639. The number of ketones is 1. The Kier molecular flexibility index (Phi) is 5.83. The van der Waals surface area contributed by atoms with E-state index >= 15 is 0 Å².